The Kier molecular flexibility index (Phi) is 6.71. The monoisotopic (exact) mass is 494 g/mol. The lowest BCUT2D eigenvalue weighted by atomic mass is 9.46. The summed E-state index contributed by atoms with van der Waals surface area (Å²) in [6.07, 6.45) is 1.92. The van der Waals surface area contributed by atoms with E-state index in [-0.39, 0.29) is 30.9 Å². The van der Waals surface area contributed by atoms with Gasteiger partial charge in [0.1, 0.15) is 11.9 Å². The highest BCUT2D eigenvalue weighted by Gasteiger charge is 2.59. The molecule has 2 aliphatic carbocycles. The first-order chi connectivity index (χ1) is 14.6. The van der Waals surface area contributed by atoms with Crippen LogP contribution in [0.1, 0.15) is 46.0 Å². The molecule has 32 heavy (non-hydrogen) atoms. The molecule has 0 spiro atoms. The number of cyclic esters (lactones) is 1. The van der Waals surface area contributed by atoms with Crippen LogP contribution in [0.2, 0.25) is 0 Å². The van der Waals surface area contributed by atoms with Crippen molar-refractivity contribution < 1.29 is 44.8 Å². The highest BCUT2D eigenvalue weighted by atomic mass is 32.3. The Bertz CT molecular complexity index is 1030. The van der Waals surface area contributed by atoms with Gasteiger partial charge in [0.15, 0.2) is 0 Å². The van der Waals surface area contributed by atoms with Gasteiger partial charge < -0.3 is 9.84 Å². The highest BCUT2D eigenvalue weighted by molar-refractivity contribution is 7.86. The third kappa shape index (κ3) is 4.53. The van der Waals surface area contributed by atoms with Crippen LogP contribution >= 0.6 is 0 Å². The van der Waals surface area contributed by atoms with Crippen LogP contribution in [0.4, 0.5) is 0 Å². The molecule has 2 fully saturated rings. The molecule has 0 bridgehead atoms. The van der Waals surface area contributed by atoms with Crippen LogP contribution in [0, 0.1) is 22.7 Å². The molecule has 10 nitrogen and oxygen atoms in total. The van der Waals surface area contributed by atoms with Gasteiger partial charge in [0, 0.05) is 5.41 Å². The fourth-order valence-electron chi connectivity index (χ4n) is 6.18. The zero-order valence-electron chi connectivity index (χ0n) is 18.1. The summed E-state index contributed by atoms with van der Waals surface area (Å²) in [4.78, 5) is 12.1. The first kappa shape index (κ1) is 25.3. The second-order valence-electron chi connectivity index (χ2n) is 9.52. The Balaban J connectivity index is 2.00. The minimum atomic E-state index is -4.74. The van der Waals surface area contributed by atoms with Crippen LogP contribution in [0.3, 0.4) is 0 Å². The average Bonchev–Trinajstić information content (AvgIpc) is 3.07. The number of hydrogen-bond donors (Lipinski definition) is 3. The Morgan fingerprint density at radius 1 is 1.25 bits per heavy atom. The minimum absolute atomic E-state index is 0.0665. The van der Waals surface area contributed by atoms with Crippen molar-refractivity contribution in [3.05, 3.63) is 23.8 Å². The number of rotatable bonds is 7. The molecule has 0 radical (unpaired) electrons. The number of carbonyl (C=O) groups is 1. The maximum absolute atomic E-state index is 12.2. The molecule has 3 rings (SSSR count). The topological polar surface area (TPSA) is 164 Å². The fraction of sp³-hybridized carbons (Fsp3) is 0.750. The number of ether oxygens (including phenoxy) is 1. The zero-order chi connectivity index (χ0) is 24.1. The molecule has 1 aliphatic heterocycles. The number of aliphatic hydroxyl groups is 1. The van der Waals surface area contributed by atoms with Gasteiger partial charge in [-0.15, -0.1) is 0 Å². The van der Waals surface area contributed by atoms with Gasteiger partial charge in [-0.05, 0) is 55.4 Å². The molecule has 3 aliphatic rings. The van der Waals surface area contributed by atoms with E-state index in [0.717, 1.165) is 5.57 Å². The quantitative estimate of drug-likeness (QED) is 0.269. The Morgan fingerprint density at radius 2 is 1.91 bits per heavy atom. The molecule has 0 aromatic rings. The van der Waals surface area contributed by atoms with Gasteiger partial charge in [-0.2, -0.15) is 16.8 Å². The first-order valence-electron chi connectivity index (χ1n) is 10.4. The lowest BCUT2D eigenvalue weighted by Gasteiger charge is -2.60. The summed E-state index contributed by atoms with van der Waals surface area (Å²) in [5.41, 5.74) is -1.02. The SMILES string of the molecule is C=C1CC[C@@H]2[C@](C)(CO)[C@H](OS(=O)(=O)O)CC[C@@]2(C)[C@@H]1C[C@@H](C1=CCOC1=O)S(=O)(=O)O. The van der Waals surface area contributed by atoms with E-state index in [0.29, 0.717) is 19.3 Å². The molecular weight excluding hydrogens is 464 g/mol. The third-order valence-corrected chi connectivity index (χ3v) is 9.44. The van der Waals surface area contributed by atoms with Gasteiger partial charge in [0.25, 0.3) is 10.1 Å². The Morgan fingerprint density at radius 3 is 2.41 bits per heavy atom. The second kappa shape index (κ2) is 8.48. The van der Waals surface area contributed by atoms with E-state index in [1.807, 2.05) is 6.92 Å². The third-order valence-electron chi connectivity index (χ3n) is 7.80. The summed E-state index contributed by atoms with van der Waals surface area (Å²) >= 11 is 0. The van der Waals surface area contributed by atoms with E-state index >= 15 is 0 Å². The summed E-state index contributed by atoms with van der Waals surface area (Å²) in [6, 6.07) is 0. The predicted molar refractivity (Wildman–Crippen MR) is 113 cm³/mol. The molecule has 12 heteroatoms. The Hall–Kier alpha value is -1.31. The molecule has 182 valence electrons. The number of carbonyl (C=O) groups excluding carboxylic acids is 1. The van der Waals surface area contributed by atoms with Gasteiger partial charge in [0.2, 0.25) is 0 Å². The van der Waals surface area contributed by atoms with Gasteiger partial charge in [0.05, 0.1) is 18.3 Å². The van der Waals surface area contributed by atoms with E-state index in [1.165, 1.54) is 6.08 Å². The van der Waals surface area contributed by atoms with Crippen LogP contribution in [-0.2, 0) is 34.2 Å². The molecule has 1 heterocycles. The number of allylic oxidation sites excluding steroid dienone is 1. The van der Waals surface area contributed by atoms with Crippen LogP contribution in [-0.4, -0.2) is 61.6 Å². The standard InChI is InChI=1S/C20H30O10S2/c1-12-4-5-16-19(2,8-6-17(20(16,3)11-21)30-32(26,27)28)14(12)10-15(31(23,24)25)13-7-9-29-18(13)22/h7,14-17,21H,1,4-6,8-11H2,2-3H3,(H,23,24,25)(H,26,27,28)/t14-,15+,16+,17-,19+,20+/m1/s1. The number of hydrogen-bond acceptors (Lipinski definition) is 8. The molecule has 3 N–H and O–H groups in total. The maximum Gasteiger partial charge on any atom is 0.397 e. The summed E-state index contributed by atoms with van der Waals surface area (Å²) in [5, 5.41) is 8.77. The number of esters is 1. The van der Waals surface area contributed by atoms with E-state index in [4.69, 9.17) is 8.92 Å². The average molecular weight is 495 g/mol. The van der Waals surface area contributed by atoms with Crippen molar-refractivity contribution in [1.29, 1.82) is 0 Å². The molecule has 0 saturated heterocycles. The maximum atomic E-state index is 12.2. The molecule has 2 saturated carbocycles. The Labute approximate surface area is 188 Å². The minimum Gasteiger partial charge on any atom is -0.458 e. The van der Waals surface area contributed by atoms with Crippen molar-refractivity contribution in [3.8, 4) is 0 Å². The van der Waals surface area contributed by atoms with E-state index in [2.05, 4.69) is 6.58 Å². The molecule has 6 atom stereocenters. The normalized spacial score (nSPS) is 36.9. The summed E-state index contributed by atoms with van der Waals surface area (Å²) in [5.74, 6) is -1.54. The number of aliphatic hydroxyl groups excluding tert-OH is 1. The van der Waals surface area contributed by atoms with Crippen LogP contribution in [0.5, 0.6) is 0 Å². The summed E-state index contributed by atoms with van der Waals surface area (Å²) in [6.45, 7) is 7.26. The molecule has 0 amide bonds. The van der Waals surface area contributed by atoms with Crippen molar-refractivity contribution in [2.24, 2.45) is 22.7 Å². The lowest BCUT2D eigenvalue weighted by molar-refractivity contribution is -0.144. The summed E-state index contributed by atoms with van der Waals surface area (Å²) < 4.78 is 76.1. The lowest BCUT2D eigenvalue weighted by Crippen LogP contribution is -2.58. The largest absolute Gasteiger partial charge is 0.458 e. The van der Waals surface area contributed by atoms with Crippen molar-refractivity contribution in [1.82, 2.24) is 0 Å². The molecule has 0 aromatic heterocycles. The smallest absolute Gasteiger partial charge is 0.397 e. The van der Waals surface area contributed by atoms with Crippen molar-refractivity contribution >= 4 is 26.5 Å². The van der Waals surface area contributed by atoms with Gasteiger partial charge in [-0.3, -0.25) is 9.11 Å². The zero-order valence-corrected chi connectivity index (χ0v) is 19.7. The van der Waals surface area contributed by atoms with E-state index < -0.39 is 61.2 Å². The van der Waals surface area contributed by atoms with Crippen molar-refractivity contribution in [2.45, 2.75) is 57.3 Å². The van der Waals surface area contributed by atoms with Gasteiger partial charge in [-0.1, -0.05) is 26.0 Å². The molecule has 0 aromatic carbocycles. The van der Waals surface area contributed by atoms with E-state index in [1.54, 1.807) is 6.92 Å². The fourth-order valence-corrected chi connectivity index (χ4v) is 7.74. The predicted octanol–water partition coefficient (Wildman–Crippen LogP) is 1.69. The van der Waals surface area contributed by atoms with Crippen molar-refractivity contribution in [2.75, 3.05) is 13.2 Å². The molecular formula is C20H30O10S2. The van der Waals surface area contributed by atoms with Gasteiger partial charge >= 0.3 is 16.4 Å². The molecule has 0 unspecified atom stereocenters. The van der Waals surface area contributed by atoms with Crippen LogP contribution in [0.25, 0.3) is 0 Å². The second-order valence-corrected chi connectivity index (χ2v) is 12.2. The highest BCUT2D eigenvalue weighted by Crippen LogP contribution is 2.62. The van der Waals surface area contributed by atoms with Crippen LogP contribution in [0.15, 0.2) is 23.8 Å². The van der Waals surface area contributed by atoms with Crippen molar-refractivity contribution in [3.63, 3.8) is 0 Å². The van der Waals surface area contributed by atoms with E-state index in [9.17, 15) is 35.8 Å². The van der Waals surface area contributed by atoms with Gasteiger partial charge in [-0.25, -0.2) is 8.98 Å². The summed E-state index contributed by atoms with van der Waals surface area (Å²) in [7, 11) is -9.38. The van der Waals surface area contributed by atoms with Crippen LogP contribution < -0.4 is 0 Å². The first-order valence-corrected chi connectivity index (χ1v) is 13.3. The number of fused-ring (bicyclic) bond motifs is 1.